The maximum absolute atomic E-state index is 12.5. The van der Waals surface area contributed by atoms with Crippen LogP contribution in [0.1, 0.15) is 23.2 Å². The molecular formula is C19H17ClN2O2. The second-order valence-corrected chi connectivity index (χ2v) is 7.01. The van der Waals surface area contributed by atoms with Crippen molar-refractivity contribution in [3.8, 4) is 11.1 Å². The van der Waals surface area contributed by atoms with Crippen molar-refractivity contribution in [2.24, 2.45) is 0 Å². The van der Waals surface area contributed by atoms with Crippen molar-refractivity contribution in [2.75, 3.05) is 13.1 Å². The summed E-state index contributed by atoms with van der Waals surface area (Å²) in [5.74, 6) is 0.104. The van der Waals surface area contributed by atoms with Gasteiger partial charge in [-0.05, 0) is 41.8 Å². The zero-order chi connectivity index (χ0) is 16.7. The molecule has 0 atom stereocenters. The molecule has 2 aromatic carbocycles. The number of rotatable bonds is 2. The average molecular weight is 341 g/mol. The molecule has 1 spiro atoms. The van der Waals surface area contributed by atoms with Gasteiger partial charge in [-0.1, -0.05) is 35.9 Å². The summed E-state index contributed by atoms with van der Waals surface area (Å²) in [4.78, 5) is 25.7. The molecule has 122 valence electrons. The standard InChI is InChI=1S/C19H17ClN2O2/c20-16-3-1-2-15(10-16)13-4-6-14(7-5-13)18(24)22-11-19(12-22)9-8-17(23)21-19/h1-7,10H,8-9,11-12H2,(H,21,23). The van der Waals surface area contributed by atoms with Crippen molar-refractivity contribution in [1.29, 1.82) is 0 Å². The van der Waals surface area contributed by atoms with Crippen LogP contribution in [-0.2, 0) is 4.79 Å². The van der Waals surface area contributed by atoms with Crippen LogP contribution in [0.3, 0.4) is 0 Å². The molecule has 2 amide bonds. The predicted octanol–water partition coefficient (Wildman–Crippen LogP) is 3.11. The Labute approximate surface area is 145 Å². The summed E-state index contributed by atoms with van der Waals surface area (Å²) < 4.78 is 0. The molecule has 0 saturated carbocycles. The molecule has 2 saturated heterocycles. The van der Waals surface area contributed by atoms with Gasteiger partial charge in [0.25, 0.3) is 5.91 Å². The molecule has 0 aromatic heterocycles. The molecule has 2 heterocycles. The van der Waals surface area contributed by atoms with Crippen molar-refractivity contribution in [2.45, 2.75) is 18.4 Å². The number of carbonyl (C=O) groups is 2. The third-order valence-electron chi connectivity index (χ3n) is 4.80. The molecule has 24 heavy (non-hydrogen) atoms. The zero-order valence-electron chi connectivity index (χ0n) is 13.1. The Hall–Kier alpha value is -2.33. The molecule has 0 aliphatic carbocycles. The Bertz CT molecular complexity index is 810. The average Bonchev–Trinajstić information content (AvgIpc) is 2.95. The van der Waals surface area contributed by atoms with Gasteiger partial charge in [-0.15, -0.1) is 0 Å². The fourth-order valence-corrected chi connectivity index (χ4v) is 3.68. The van der Waals surface area contributed by atoms with Crippen molar-refractivity contribution >= 4 is 23.4 Å². The van der Waals surface area contributed by atoms with Crippen LogP contribution in [0.25, 0.3) is 11.1 Å². The number of hydrogen-bond donors (Lipinski definition) is 1. The quantitative estimate of drug-likeness (QED) is 0.913. The molecule has 2 fully saturated rings. The molecule has 0 radical (unpaired) electrons. The predicted molar refractivity (Wildman–Crippen MR) is 92.9 cm³/mol. The minimum absolute atomic E-state index is 0.0134. The second kappa shape index (κ2) is 5.64. The van der Waals surface area contributed by atoms with Gasteiger partial charge < -0.3 is 10.2 Å². The largest absolute Gasteiger partial charge is 0.347 e. The van der Waals surface area contributed by atoms with E-state index in [4.69, 9.17) is 11.6 Å². The molecule has 2 aromatic rings. The first kappa shape index (κ1) is 15.2. The molecule has 1 N–H and O–H groups in total. The van der Waals surface area contributed by atoms with Crippen molar-refractivity contribution in [3.63, 3.8) is 0 Å². The molecule has 0 unspecified atom stereocenters. The molecule has 2 aliphatic rings. The van der Waals surface area contributed by atoms with E-state index in [-0.39, 0.29) is 17.4 Å². The summed E-state index contributed by atoms with van der Waals surface area (Å²) in [6.45, 7) is 1.21. The van der Waals surface area contributed by atoms with Crippen LogP contribution in [0, 0.1) is 0 Å². The maximum atomic E-state index is 12.5. The number of likely N-dealkylation sites (tertiary alicyclic amines) is 1. The lowest BCUT2D eigenvalue weighted by Gasteiger charge is -2.47. The maximum Gasteiger partial charge on any atom is 0.254 e. The van der Waals surface area contributed by atoms with Crippen LogP contribution in [0.4, 0.5) is 0 Å². The van der Waals surface area contributed by atoms with E-state index in [0.717, 1.165) is 17.5 Å². The van der Waals surface area contributed by atoms with Gasteiger partial charge in [0.05, 0.1) is 5.54 Å². The smallest absolute Gasteiger partial charge is 0.254 e. The molecular weight excluding hydrogens is 324 g/mol. The van der Waals surface area contributed by atoms with Gasteiger partial charge in [0, 0.05) is 30.1 Å². The Balaban J connectivity index is 1.46. The van der Waals surface area contributed by atoms with E-state index in [2.05, 4.69) is 5.32 Å². The first-order valence-corrected chi connectivity index (χ1v) is 8.39. The van der Waals surface area contributed by atoms with Gasteiger partial charge in [0.1, 0.15) is 0 Å². The van der Waals surface area contributed by atoms with E-state index in [9.17, 15) is 9.59 Å². The number of nitrogens with zero attached hydrogens (tertiary/aromatic N) is 1. The lowest BCUT2D eigenvalue weighted by molar-refractivity contribution is -0.120. The number of amides is 2. The molecule has 0 bridgehead atoms. The van der Waals surface area contributed by atoms with Gasteiger partial charge in [0.2, 0.25) is 5.91 Å². The lowest BCUT2D eigenvalue weighted by atomic mass is 9.87. The highest BCUT2D eigenvalue weighted by molar-refractivity contribution is 6.30. The number of carbonyl (C=O) groups excluding carboxylic acids is 2. The highest BCUT2D eigenvalue weighted by Gasteiger charge is 2.49. The monoisotopic (exact) mass is 340 g/mol. The summed E-state index contributed by atoms with van der Waals surface area (Å²) in [7, 11) is 0. The third kappa shape index (κ3) is 2.67. The van der Waals surface area contributed by atoms with Gasteiger partial charge in [0.15, 0.2) is 0 Å². The number of halogens is 1. The van der Waals surface area contributed by atoms with Crippen molar-refractivity contribution < 1.29 is 9.59 Å². The summed E-state index contributed by atoms with van der Waals surface area (Å²) in [6.07, 6.45) is 1.39. The lowest BCUT2D eigenvalue weighted by Crippen LogP contribution is -2.68. The highest BCUT2D eigenvalue weighted by Crippen LogP contribution is 2.32. The minimum Gasteiger partial charge on any atom is -0.347 e. The van der Waals surface area contributed by atoms with Gasteiger partial charge in [-0.3, -0.25) is 9.59 Å². The van der Waals surface area contributed by atoms with Gasteiger partial charge >= 0.3 is 0 Å². The van der Waals surface area contributed by atoms with E-state index in [1.807, 2.05) is 48.5 Å². The molecule has 4 nitrogen and oxygen atoms in total. The van der Waals surface area contributed by atoms with E-state index < -0.39 is 0 Å². The Morgan fingerprint density at radius 1 is 1.08 bits per heavy atom. The van der Waals surface area contributed by atoms with E-state index in [1.54, 1.807) is 4.90 Å². The Kier molecular flexibility index (Phi) is 3.57. The number of nitrogens with one attached hydrogen (secondary N) is 1. The van der Waals surface area contributed by atoms with E-state index in [1.165, 1.54) is 0 Å². The molecule has 5 heteroatoms. The SMILES string of the molecule is O=C1CCC2(CN(C(=O)c3ccc(-c4cccc(Cl)c4)cc3)C2)N1. The number of hydrogen-bond acceptors (Lipinski definition) is 2. The fraction of sp³-hybridized carbons (Fsp3) is 0.263. The van der Waals surface area contributed by atoms with Crippen LogP contribution in [0.2, 0.25) is 5.02 Å². The Morgan fingerprint density at radius 3 is 2.46 bits per heavy atom. The summed E-state index contributed by atoms with van der Waals surface area (Å²) in [5, 5.41) is 3.69. The van der Waals surface area contributed by atoms with Crippen molar-refractivity contribution in [1.82, 2.24) is 10.2 Å². The van der Waals surface area contributed by atoms with Gasteiger partial charge in [-0.2, -0.15) is 0 Å². The zero-order valence-corrected chi connectivity index (χ0v) is 13.8. The van der Waals surface area contributed by atoms with Crippen molar-refractivity contribution in [3.05, 3.63) is 59.1 Å². The number of benzene rings is 2. The summed E-state index contributed by atoms with van der Waals surface area (Å²) >= 11 is 6.02. The first-order chi connectivity index (χ1) is 11.5. The minimum atomic E-state index is -0.173. The molecule has 2 aliphatic heterocycles. The van der Waals surface area contributed by atoms with Crippen LogP contribution in [-0.4, -0.2) is 35.3 Å². The second-order valence-electron chi connectivity index (χ2n) is 6.58. The van der Waals surface area contributed by atoms with E-state index >= 15 is 0 Å². The highest BCUT2D eigenvalue weighted by atomic mass is 35.5. The Morgan fingerprint density at radius 2 is 1.83 bits per heavy atom. The fourth-order valence-electron chi connectivity index (χ4n) is 3.49. The molecule has 4 rings (SSSR count). The van der Waals surface area contributed by atoms with E-state index in [0.29, 0.717) is 30.1 Å². The van der Waals surface area contributed by atoms with Crippen LogP contribution >= 0.6 is 11.6 Å². The summed E-state index contributed by atoms with van der Waals surface area (Å²) in [6, 6.07) is 15.2. The van der Waals surface area contributed by atoms with Crippen LogP contribution < -0.4 is 5.32 Å². The topological polar surface area (TPSA) is 49.4 Å². The van der Waals surface area contributed by atoms with Gasteiger partial charge in [-0.25, -0.2) is 0 Å². The summed E-state index contributed by atoms with van der Waals surface area (Å²) in [5.41, 5.74) is 2.54. The first-order valence-electron chi connectivity index (χ1n) is 8.01. The van der Waals surface area contributed by atoms with Crippen LogP contribution in [0.15, 0.2) is 48.5 Å². The normalized spacial score (nSPS) is 18.4. The third-order valence-corrected chi connectivity index (χ3v) is 5.03. The van der Waals surface area contributed by atoms with Crippen LogP contribution in [0.5, 0.6) is 0 Å².